The van der Waals surface area contributed by atoms with Crippen LogP contribution in [0.3, 0.4) is 0 Å². The van der Waals surface area contributed by atoms with Gasteiger partial charge in [-0.25, -0.2) is 0 Å². The zero-order valence-corrected chi connectivity index (χ0v) is 10.00. The highest BCUT2D eigenvalue weighted by molar-refractivity contribution is 4.81. The molecule has 1 aliphatic rings. The Hall–Kier alpha value is -0.0800. The van der Waals surface area contributed by atoms with E-state index in [1.54, 1.807) is 0 Å². The van der Waals surface area contributed by atoms with Crippen LogP contribution in [-0.2, 0) is 0 Å². The molecule has 1 heterocycles. The molecule has 0 aliphatic carbocycles. The lowest BCUT2D eigenvalue weighted by Gasteiger charge is -2.37. The van der Waals surface area contributed by atoms with Crippen LogP contribution in [0.1, 0.15) is 40.0 Å². The van der Waals surface area contributed by atoms with Gasteiger partial charge >= 0.3 is 0 Å². The van der Waals surface area contributed by atoms with Crippen molar-refractivity contribution >= 4 is 0 Å². The minimum absolute atomic E-state index is 0.416. The Morgan fingerprint density at radius 2 is 2.07 bits per heavy atom. The van der Waals surface area contributed by atoms with Crippen LogP contribution < -0.4 is 5.73 Å². The average molecular weight is 198 g/mol. The Labute approximate surface area is 88.8 Å². The summed E-state index contributed by atoms with van der Waals surface area (Å²) in [4.78, 5) is 2.55. The van der Waals surface area contributed by atoms with Crippen molar-refractivity contribution in [3.63, 3.8) is 0 Å². The Balaban J connectivity index is 2.37. The maximum Gasteiger partial charge on any atom is 0.0170 e. The molecule has 0 amide bonds. The standard InChI is InChI=1S/C12H26N2/c1-4-5-11-6-12(13)9-14(8-11)7-10(2)3/h10-12H,4-9,13H2,1-3H3. The molecule has 0 bridgehead atoms. The van der Waals surface area contributed by atoms with Crippen molar-refractivity contribution < 1.29 is 0 Å². The van der Waals surface area contributed by atoms with Crippen LogP contribution in [0.4, 0.5) is 0 Å². The van der Waals surface area contributed by atoms with Gasteiger partial charge in [-0.05, 0) is 24.7 Å². The first-order valence-corrected chi connectivity index (χ1v) is 6.09. The van der Waals surface area contributed by atoms with Gasteiger partial charge in [-0.15, -0.1) is 0 Å². The van der Waals surface area contributed by atoms with E-state index in [0.29, 0.717) is 6.04 Å². The predicted molar refractivity (Wildman–Crippen MR) is 62.3 cm³/mol. The molecule has 1 rings (SSSR count). The number of nitrogens with two attached hydrogens (primary N) is 1. The lowest BCUT2D eigenvalue weighted by Crippen LogP contribution is -2.48. The largest absolute Gasteiger partial charge is 0.327 e. The third-order valence-electron chi connectivity index (χ3n) is 2.97. The fourth-order valence-corrected chi connectivity index (χ4v) is 2.63. The van der Waals surface area contributed by atoms with E-state index < -0.39 is 0 Å². The van der Waals surface area contributed by atoms with E-state index in [9.17, 15) is 0 Å². The maximum atomic E-state index is 6.08. The average Bonchev–Trinajstić information content (AvgIpc) is 2.01. The van der Waals surface area contributed by atoms with Crippen molar-refractivity contribution in [2.45, 2.75) is 46.1 Å². The molecule has 2 unspecified atom stereocenters. The van der Waals surface area contributed by atoms with Crippen LogP contribution in [-0.4, -0.2) is 30.6 Å². The van der Waals surface area contributed by atoms with Crippen LogP contribution in [0.2, 0.25) is 0 Å². The second-order valence-corrected chi connectivity index (χ2v) is 5.26. The first kappa shape index (κ1) is 12.0. The fraction of sp³-hybridized carbons (Fsp3) is 1.00. The molecule has 0 aromatic carbocycles. The quantitative estimate of drug-likeness (QED) is 0.749. The molecule has 84 valence electrons. The molecule has 2 N–H and O–H groups in total. The maximum absolute atomic E-state index is 6.08. The first-order valence-electron chi connectivity index (χ1n) is 6.09. The normalized spacial score (nSPS) is 29.8. The third-order valence-corrected chi connectivity index (χ3v) is 2.97. The molecule has 0 spiro atoms. The lowest BCUT2D eigenvalue weighted by atomic mass is 9.90. The molecule has 1 aliphatic heterocycles. The zero-order valence-electron chi connectivity index (χ0n) is 10.00. The highest BCUT2D eigenvalue weighted by atomic mass is 15.1. The van der Waals surface area contributed by atoms with Crippen molar-refractivity contribution in [2.75, 3.05) is 19.6 Å². The second kappa shape index (κ2) is 5.72. The summed E-state index contributed by atoms with van der Waals surface area (Å²) in [6, 6.07) is 0.416. The SMILES string of the molecule is CCCC1CC(N)CN(CC(C)C)C1. The van der Waals surface area contributed by atoms with Crippen LogP contribution in [0.5, 0.6) is 0 Å². The van der Waals surface area contributed by atoms with E-state index in [1.807, 2.05) is 0 Å². The molecule has 2 nitrogen and oxygen atoms in total. The summed E-state index contributed by atoms with van der Waals surface area (Å²) in [6.07, 6.45) is 3.89. The van der Waals surface area contributed by atoms with E-state index in [0.717, 1.165) is 18.4 Å². The Bertz CT molecular complexity index is 154. The first-order chi connectivity index (χ1) is 6.61. The number of hydrogen-bond donors (Lipinski definition) is 1. The molecule has 0 radical (unpaired) electrons. The van der Waals surface area contributed by atoms with E-state index in [4.69, 9.17) is 5.73 Å². The summed E-state index contributed by atoms with van der Waals surface area (Å²) in [5, 5.41) is 0. The molecule has 0 aromatic heterocycles. The highest BCUT2D eigenvalue weighted by Gasteiger charge is 2.24. The second-order valence-electron chi connectivity index (χ2n) is 5.26. The molecule has 14 heavy (non-hydrogen) atoms. The van der Waals surface area contributed by atoms with Gasteiger partial charge in [0, 0.05) is 25.7 Å². The van der Waals surface area contributed by atoms with Gasteiger partial charge in [0.05, 0.1) is 0 Å². The molecule has 0 aromatic rings. The monoisotopic (exact) mass is 198 g/mol. The van der Waals surface area contributed by atoms with Gasteiger partial charge in [-0.3, -0.25) is 0 Å². The van der Waals surface area contributed by atoms with Gasteiger partial charge in [0.25, 0.3) is 0 Å². The van der Waals surface area contributed by atoms with Gasteiger partial charge in [0.1, 0.15) is 0 Å². The van der Waals surface area contributed by atoms with Crippen molar-refractivity contribution in [1.29, 1.82) is 0 Å². The molecular formula is C12H26N2. The van der Waals surface area contributed by atoms with Gasteiger partial charge in [-0.2, -0.15) is 0 Å². The summed E-state index contributed by atoms with van der Waals surface area (Å²) < 4.78 is 0. The highest BCUT2D eigenvalue weighted by Crippen LogP contribution is 2.20. The third kappa shape index (κ3) is 3.97. The van der Waals surface area contributed by atoms with Crippen LogP contribution >= 0.6 is 0 Å². The lowest BCUT2D eigenvalue weighted by molar-refractivity contribution is 0.137. The number of piperidine rings is 1. The van der Waals surface area contributed by atoms with Crippen molar-refractivity contribution in [1.82, 2.24) is 4.90 Å². The van der Waals surface area contributed by atoms with Gasteiger partial charge < -0.3 is 10.6 Å². The smallest absolute Gasteiger partial charge is 0.0170 e. The Morgan fingerprint density at radius 1 is 1.36 bits per heavy atom. The topological polar surface area (TPSA) is 29.3 Å². The van der Waals surface area contributed by atoms with Crippen molar-refractivity contribution in [2.24, 2.45) is 17.6 Å². The van der Waals surface area contributed by atoms with Gasteiger partial charge in [-0.1, -0.05) is 27.2 Å². The molecule has 2 heteroatoms. The van der Waals surface area contributed by atoms with Crippen LogP contribution in [0, 0.1) is 11.8 Å². The van der Waals surface area contributed by atoms with Crippen LogP contribution in [0.15, 0.2) is 0 Å². The predicted octanol–water partition coefficient (Wildman–Crippen LogP) is 2.09. The number of likely N-dealkylation sites (tertiary alicyclic amines) is 1. The molecule has 1 saturated heterocycles. The summed E-state index contributed by atoms with van der Waals surface area (Å²) in [7, 11) is 0. The van der Waals surface area contributed by atoms with E-state index in [-0.39, 0.29) is 0 Å². The Morgan fingerprint density at radius 3 is 2.64 bits per heavy atom. The molecule has 2 atom stereocenters. The van der Waals surface area contributed by atoms with Gasteiger partial charge in [0.2, 0.25) is 0 Å². The zero-order chi connectivity index (χ0) is 10.6. The van der Waals surface area contributed by atoms with Crippen molar-refractivity contribution in [3.05, 3.63) is 0 Å². The minimum Gasteiger partial charge on any atom is -0.327 e. The summed E-state index contributed by atoms with van der Waals surface area (Å²) in [6.45, 7) is 10.4. The minimum atomic E-state index is 0.416. The molecule has 1 fully saturated rings. The molecule has 0 saturated carbocycles. The fourth-order valence-electron chi connectivity index (χ4n) is 2.63. The Kier molecular flexibility index (Phi) is 4.90. The van der Waals surface area contributed by atoms with Crippen molar-refractivity contribution in [3.8, 4) is 0 Å². The van der Waals surface area contributed by atoms with E-state index >= 15 is 0 Å². The number of rotatable bonds is 4. The summed E-state index contributed by atoms with van der Waals surface area (Å²) in [5.41, 5.74) is 6.08. The summed E-state index contributed by atoms with van der Waals surface area (Å²) >= 11 is 0. The van der Waals surface area contributed by atoms with Gasteiger partial charge in [0.15, 0.2) is 0 Å². The van der Waals surface area contributed by atoms with E-state index in [2.05, 4.69) is 25.7 Å². The summed E-state index contributed by atoms with van der Waals surface area (Å²) in [5.74, 6) is 1.62. The van der Waals surface area contributed by atoms with Crippen LogP contribution in [0.25, 0.3) is 0 Å². The number of hydrogen-bond acceptors (Lipinski definition) is 2. The van der Waals surface area contributed by atoms with E-state index in [1.165, 1.54) is 32.4 Å². The molecular weight excluding hydrogens is 172 g/mol. The number of nitrogens with zero attached hydrogens (tertiary/aromatic N) is 1.